The molecule has 0 radical (unpaired) electrons. The highest BCUT2D eigenvalue weighted by atomic mass is 19.2. The van der Waals surface area contributed by atoms with Gasteiger partial charge in [0.15, 0.2) is 11.6 Å². The van der Waals surface area contributed by atoms with Crippen molar-refractivity contribution in [2.24, 2.45) is 11.8 Å². The first-order chi connectivity index (χ1) is 15.0. The van der Waals surface area contributed by atoms with Gasteiger partial charge in [0, 0.05) is 5.56 Å². The van der Waals surface area contributed by atoms with E-state index in [1.807, 2.05) is 24.3 Å². The summed E-state index contributed by atoms with van der Waals surface area (Å²) in [6, 6.07) is 12.7. The summed E-state index contributed by atoms with van der Waals surface area (Å²) >= 11 is 0. The van der Waals surface area contributed by atoms with Gasteiger partial charge in [0.25, 0.3) is 0 Å². The van der Waals surface area contributed by atoms with Gasteiger partial charge in [-0.3, -0.25) is 0 Å². The summed E-state index contributed by atoms with van der Waals surface area (Å²) in [5.41, 5.74) is 2.50. The topological polar surface area (TPSA) is 0 Å². The predicted octanol–water partition coefficient (Wildman–Crippen LogP) is 8.64. The van der Waals surface area contributed by atoms with Crippen LogP contribution in [0.1, 0.15) is 63.5 Å². The second-order valence-electron chi connectivity index (χ2n) is 9.07. The van der Waals surface area contributed by atoms with Crippen molar-refractivity contribution in [1.29, 1.82) is 0 Å². The number of hydrogen-bond acceptors (Lipinski definition) is 0. The van der Waals surface area contributed by atoms with Crippen LogP contribution in [-0.2, 0) is 12.8 Å². The van der Waals surface area contributed by atoms with E-state index in [4.69, 9.17) is 0 Å². The molecule has 1 fully saturated rings. The van der Waals surface area contributed by atoms with Crippen LogP contribution in [0, 0.1) is 29.3 Å². The van der Waals surface area contributed by atoms with Crippen molar-refractivity contribution >= 4 is 10.8 Å². The maximum atomic E-state index is 15.2. The lowest BCUT2D eigenvalue weighted by Crippen LogP contribution is -2.14. The maximum absolute atomic E-state index is 15.2. The molecule has 3 heteroatoms. The number of aryl methyl sites for hydroxylation is 2. The Labute approximate surface area is 183 Å². The van der Waals surface area contributed by atoms with E-state index in [9.17, 15) is 8.78 Å². The predicted molar refractivity (Wildman–Crippen MR) is 123 cm³/mol. The third-order valence-corrected chi connectivity index (χ3v) is 7.23. The lowest BCUT2D eigenvalue weighted by molar-refractivity contribution is 0.259. The number of rotatable bonds is 6. The second-order valence-corrected chi connectivity index (χ2v) is 9.07. The standard InChI is InChI=1S/C28H31F3/c1-3-18-5-7-19(8-6-18)9-10-20-11-13-22(14-12-20)24-16-15-23-17-21(4-2)26(29)28(31)25(23)27(24)30/h11-19H,3-10H2,1-2H3. The van der Waals surface area contributed by atoms with E-state index in [1.165, 1.54) is 50.2 Å². The van der Waals surface area contributed by atoms with E-state index < -0.39 is 17.5 Å². The van der Waals surface area contributed by atoms with Crippen molar-refractivity contribution in [2.45, 2.75) is 65.2 Å². The fourth-order valence-corrected chi connectivity index (χ4v) is 5.07. The van der Waals surface area contributed by atoms with Crippen LogP contribution in [0.3, 0.4) is 0 Å². The Bertz CT molecular complexity index is 1040. The molecule has 0 amide bonds. The van der Waals surface area contributed by atoms with Crippen molar-refractivity contribution < 1.29 is 13.2 Å². The Morgan fingerprint density at radius 1 is 0.774 bits per heavy atom. The number of hydrogen-bond donors (Lipinski definition) is 0. The smallest absolute Gasteiger partial charge is 0.169 e. The Morgan fingerprint density at radius 3 is 2.10 bits per heavy atom. The van der Waals surface area contributed by atoms with Crippen molar-refractivity contribution in [3.05, 3.63) is 71.0 Å². The van der Waals surface area contributed by atoms with Crippen LogP contribution < -0.4 is 0 Å². The normalized spacial score (nSPS) is 19.1. The summed E-state index contributed by atoms with van der Waals surface area (Å²) in [5, 5.41) is 0.130. The van der Waals surface area contributed by atoms with E-state index in [1.54, 1.807) is 19.1 Å². The van der Waals surface area contributed by atoms with Crippen molar-refractivity contribution in [2.75, 3.05) is 0 Å². The number of halogens is 3. The van der Waals surface area contributed by atoms with Crippen LogP contribution in [-0.4, -0.2) is 0 Å². The molecule has 0 aliphatic heterocycles. The zero-order valence-electron chi connectivity index (χ0n) is 18.5. The molecule has 1 aliphatic rings. The number of fused-ring (bicyclic) bond motifs is 1. The molecule has 0 nitrogen and oxygen atoms in total. The Kier molecular flexibility index (Phi) is 6.69. The first-order valence-corrected chi connectivity index (χ1v) is 11.7. The molecule has 0 aromatic heterocycles. The monoisotopic (exact) mass is 424 g/mol. The molecule has 0 saturated heterocycles. The molecule has 164 valence electrons. The molecule has 0 bridgehead atoms. The quantitative estimate of drug-likeness (QED) is 0.371. The van der Waals surface area contributed by atoms with Gasteiger partial charge in [-0.15, -0.1) is 0 Å². The Morgan fingerprint density at radius 2 is 1.45 bits per heavy atom. The molecular weight excluding hydrogens is 393 g/mol. The summed E-state index contributed by atoms with van der Waals surface area (Å²) in [7, 11) is 0. The van der Waals surface area contributed by atoms with Gasteiger partial charge in [0.05, 0.1) is 5.39 Å². The van der Waals surface area contributed by atoms with Gasteiger partial charge in [0.2, 0.25) is 0 Å². The van der Waals surface area contributed by atoms with Gasteiger partial charge in [-0.1, -0.05) is 82.3 Å². The fourth-order valence-electron chi connectivity index (χ4n) is 5.07. The van der Waals surface area contributed by atoms with E-state index in [-0.39, 0.29) is 10.9 Å². The fraction of sp³-hybridized carbons (Fsp3) is 0.429. The average Bonchev–Trinajstić information content (AvgIpc) is 2.81. The zero-order valence-corrected chi connectivity index (χ0v) is 18.5. The van der Waals surface area contributed by atoms with Gasteiger partial charge in [-0.2, -0.15) is 0 Å². The second kappa shape index (κ2) is 9.46. The molecule has 0 unspecified atom stereocenters. The molecular formula is C28H31F3. The van der Waals surface area contributed by atoms with Gasteiger partial charge in [-0.05, 0) is 59.2 Å². The summed E-state index contributed by atoms with van der Waals surface area (Å²) in [6.45, 7) is 4.05. The SMILES string of the molecule is CCc1cc2ccc(-c3ccc(CCC4CCC(CC)CC4)cc3)c(F)c2c(F)c1F. The molecule has 1 saturated carbocycles. The minimum atomic E-state index is -1.09. The van der Waals surface area contributed by atoms with Crippen LogP contribution >= 0.6 is 0 Å². The summed E-state index contributed by atoms with van der Waals surface area (Å²) in [4.78, 5) is 0. The van der Waals surface area contributed by atoms with Gasteiger partial charge < -0.3 is 0 Å². The largest absolute Gasteiger partial charge is 0.206 e. The number of benzene rings is 3. The maximum Gasteiger partial charge on any atom is 0.169 e. The third-order valence-electron chi connectivity index (χ3n) is 7.23. The summed E-state index contributed by atoms with van der Waals surface area (Å²) < 4.78 is 44.0. The Balaban J connectivity index is 1.51. The van der Waals surface area contributed by atoms with E-state index in [2.05, 4.69) is 6.92 Å². The van der Waals surface area contributed by atoms with Gasteiger partial charge in [0.1, 0.15) is 5.82 Å². The average molecular weight is 425 g/mol. The summed E-state index contributed by atoms with van der Waals surface area (Å²) in [5.74, 6) is -1.01. The first-order valence-electron chi connectivity index (χ1n) is 11.7. The molecule has 0 heterocycles. The molecule has 0 N–H and O–H groups in total. The molecule has 4 rings (SSSR count). The minimum absolute atomic E-state index is 0.265. The van der Waals surface area contributed by atoms with Gasteiger partial charge >= 0.3 is 0 Å². The van der Waals surface area contributed by atoms with Crippen molar-refractivity contribution in [3.63, 3.8) is 0 Å². The van der Waals surface area contributed by atoms with Crippen LogP contribution in [0.2, 0.25) is 0 Å². The van der Waals surface area contributed by atoms with E-state index in [0.717, 1.165) is 18.3 Å². The molecule has 0 atom stereocenters. The molecule has 3 aromatic rings. The highest BCUT2D eigenvalue weighted by Crippen LogP contribution is 2.35. The summed E-state index contributed by atoms with van der Waals surface area (Å²) in [6.07, 6.45) is 9.28. The van der Waals surface area contributed by atoms with Gasteiger partial charge in [-0.25, -0.2) is 13.2 Å². The zero-order chi connectivity index (χ0) is 22.0. The van der Waals surface area contributed by atoms with Crippen LogP contribution in [0.15, 0.2) is 42.5 Å². The first kappa shape index (κ1) is 21.9. The molecule has 1 aliphatic carbocycles. The van der Waals surface area contributed by atoms with Crippen LogP contribution in [0.5, 0.6) is 0 Å². The van der Waals surface area contributed by atoms with Crippen LogP contribution in [0.25, 0.3) is 21.9 Å². The lowest BCUT2D eigenvalue weighted by Gasteiger charge is -2.27. The molecule has 3 aromatic carbocycles. The third kappa shape index (κ3) is 4.51. The highest BCUT2D eigenvalue weighted by molar-refractivity contribution is 5.89. The minimum Gasteiger partial charge on any atom is -0.206 e. The molecule has 31 heavy (non-hydrogen) atoms. The molecule has 0 spiro atoms. The van der Waals surface area contributed by atoms with Crippen molar-refractivity contribution in [3.8, 4) is 11.1 Å². The van der Waals surface area contributed by atoms with E-state index in [0.29, 0.717) is 22.9 Å². The van der Waals surface area contributed by atoms with Crippen molar-refractivity contribution in [1.82, 2.24) is 0 Å². The highest BCUT2D eigenvalue weighted by Gasteiger charge is 2.20. The van der Waals surface area contributed by atoms with Crippen LogP contribution in [0.4, 0.5) is 13.2 Å². The Hall–Kier alpha value is -2.29. The lowest BCUT2D eigenvalue weighted by atomic mass is 9.78. The van der Waals surface area contributed by atoms with E-state index >= 15 is 4.39 Å².